The first-order chi connectivity index (χ1) is 31.0. The lowest BCUT2D eigenvalue weighted by atomic mass is 9.76. The molecule has 0 atom stereocenters. The lowest BCUT2D eigenvalue weighted by Gasteiger charge is -2.31. The molecule has 0 radical (unpaired) electrons. The quantitative estimate of drug-likeness (QED) is 0.161. The third-order valence-corrected chi connectivity index (χ3v) is 15.1. The summed E-state index contributed by atoms with van der Waals surface area (Å²) in [5.74, 6) is 0. The standard InChI is InChI=1S/C63H51N/c1-61(2)51-26-16-13-24-47(51)48-35-33-44(37-53(48)61)64(57-28-18-15-23-46(57)42-31-29-41(30-32-42)40-19-9-7-10-20-40)45-34-36-50-54(38-45)63(5,6)56-39-55-59(49-25-14-17-27-52(49)62(55,3)4)58(60(50)56)43-21-11-8-12-22-43/h7-39H,1-6H3. The molecule has 0 aliphatic heterocycles. The van der Waals surface area contributed by atoms with Crippen molar-refractivity contribution in [1.29, 1.82) is 0 Å². The lowest BCUT2D eigenvalue weighted by molar-refractivity contribution is 0.639. The van der Waals surface area contributed by atoms with E-state index in [4.69, 9.17) is 0 Å². The molecule has 0 aromatic heterocycles. The van der Waals surface area contributed by atoms with Gasteiger partial charge in [-0.3, -0.25) is 0 Å². The Kier molecular flexibility index (Phi) is 8.35. The van der Waals surface area contributed by atoms with Gasteiger partial charge in [-0.15, -0.1) is 0 Å². The van der Waals surface area contributed by atoms with Gasteiger partial charge in [-0.2, -0.15) is 0 Å². The van der Waals surface area contributed by atoms with Crippen LogP contribution in [0.2, 0.25) is 0 Å². The molecule has 1 nitrogen and oxygen atoms in total. The summed E-state index contributed by atoms with van der Waals surface area (Å²) in [6.07, 6.45) is 0. The van der Waals surface area contributed by atoms with Gasteiger partial charge in [-0.1, -0.05) is 211 Å². The first-order valence-electron chi connectivity index (χ1n) is 22.8. The number of hydrogen-bond acceptors (Lipinski definition) is 1. The first-order valence-corrected chi connectivity index (χ1v) is 22.8. The number of anilines is 3. The fourth-order valence-electron chi connectivity index (χ4n) is 11.7. The Morgan fingerprint density at radius 1 is 0.266 bits per heavy atom. The summed E-state index contributed by atoms with van der Waals surface area (Å²) in [4.78, 5) is 2.52. The van der Waals surface area contributed by atoms with Crippen LogP contribution in [0, 0.1) is 0 Å². The molecule has 3 aliphatic carbocycles. The molecule has 64 heavy (non-hydrogen) atoms. The highest BCUT2D eigenvalue weighted by atomic mass is 15.1. The number of hydrogen-bond donors (Lipinski definition) is 0. The van der Waals surface area contributed by atoms with Crippen LogP contribution in [0.1, 0.15) is 74.9 Å². The molecule has 9 aromatic rings. The van der Waals surface area contributed by atoms with Crippen LogP contribution >= 0.6 is 0 Å². The summed E-state index contributed by atoms with van der Waals surface area (Å²) in [6.45, 7) is 14.5. The number of rotatable bonds is 6. The highest BCUT2D eigenvalue weighted by molar-refractivity contribution is 6.04. The van der Waals surface area contributed by atoms with Gasteiger partial charge < -0.3 is 4.90 Å². The van der Waals surface area contributed by atoms with Gasteiger partial charge in [-0.25, -0.2) is 0 Å². The van der Waals surface area contributed by atoms with E-state index in [2.05, 4.69) is 247 Å². The van der Waals surface area contributed by atoms with Crippen LogP contribution in [0.15, 0.2) is 200 Å². The molecule has 9 aromatic carbocycles. The molecule has 308 valence electrons. The van der Waals surface area contributed by atoms with Gasteiger partial charge in [0.25, 0.3) is 0 Å². The largest absolute Gasteiger partial charge is 0.310 e. The van der Waals surface area contributed by atoms with Crippen LogP contribution in [-0.2, 0) is 16.2 Å². The third kappa shape index (κ3) is 5.50. The normalized spacial score (nSPS) is 15.1. The molecular formula is C63H51N. The molecule has 0 heterocycles. The third-order valence-electron chi connectivity index (χ3n) is 15.1. The van der Waals surface area contributed by atoms with E-state index in [0.717, 1.165) is 17.1 Å². The van der Waals surface area contributed by atoms with Crippen LogP contribution in [0.3, 0.4) is 0 Å². The Morgan fingerprint density at radius 3 is 1.31 bits per heavy atom. The van der Waals surface area contributed by atoms with Crippen molar-refractivity contribution < 1.29 is 0 Å². The zero-order chi connectivity index (χ0) is 43.5. The number of benzene rings is 9. The van der Waals surface area contributed by atoms with Crippen LogP contribution in [0.25, 0.3) is 66.8 Å². The van der Waals surface area contributed by atoms with Gasteiger partial charge in [0.15, 0.2) is 0 Å². The van der Waals surface area contributed by atoms with Crippen molar-refractivity contribution in [2.45, 2.75) is 57.8 Å². The monoisotopic (exact) mass is 821 g/mol. The summed E-state index contributed by atoms with van der Waals surface area (Å²) >= 11 is 0. The number of nitrogens with zero attached hydrogens (tertiary/aromatic N) is 1. The number of para-hydroxylation sites is 1. The summed E-state index contributed by atoms with van der Waals surface area (Å²) < 4.78 is 0. The maximum Gasteiger partial charge on any atom is 0.0540 e. The van der Waals surface area contributed by atoms with Crippen LogP contribution in [0.4, 0.5) is 17.1 Å². The smallest absolute Gasteiger partial charge is 0.0540 e. The van der Waals surface area contributed by atoms with Crippen LogP contribution in [0.5, 0.6) is 0 Å². The van der Waals surface area contributed by atoms with Gasteiger partial charge >= 0.3 is 0 Å². The highest BCUT2D eigenvalue weighted by Gasteiger charge is 2.45. The predicted octanol–water partition coefficient (Wildman–Crippen LogP) is 17.1. The van der Waals surface area contributed by atoms with E-state index in [1.165, 1.54) is 100 Å². The second-order valence-electron chi connectivity index (χ2n) is 19.7. The van der Waals surface area contributed by atoms with E-state index in [-0.39, 0.29) is 16.2 Å². The van der Waals surface area contributed by atoms with Crippen LogP contribution in [-0.4, -0.2) is 0 Å². The van der Waals surface area contributed by atoms with Gasteiger partial charge in [0.1, 0.15) is 0 Å². The minimum absolute atomic E-state index is 0.124. The van der Waals surface area contributed by atoms with Crippen molar-refractivity contribution in [2.24, 2.45) is 0 Å². The second kappa shape index (κ2) is 13.9. The maximum absolute atomic E-state index is 2.57. The molecule has 0 saturated carbocycles. The molecule has 0 spiro atoms. The molecular weight excluding hydrogens is 771 g/mol. The fourth-order valence-corrected chi connectivity index (χ4v) is 11.7. The van der Waals surface area contributed by atoms with Gasteiger partial charge in [0, 0.05) is 33.2 Å². The molecule has 1 heteroatoms. The lowest BCUT2D eigenvalue weighted by Crippen LogP contribution is -2.20. The summed E-state index contributed by atoms with van der Waals surface area (Å²) in [6, 6.07) is 75.0. The molecule has 0 N–H and O–H groups in total. The molecule has 3 aliphatic rings. The highest BCUT2D eigenvalue weighted by Crippen LogP contribution is 2.61. The Morgan fingerprint density at radius 2 is 0.672 bits per heavy atom. The van der Waals surface area contributed by atoms with Crippen molar-refractivity contribution in [2.75, 3.05) is 4.90 Å². The molecule has 0 bridgehead atoms. The van der Waals surface area contributed by atoms with Crippen molar-refractivity contribution in [3.05, 3.63) is 234 Å². The van der Waals surface area contributed by atoms with Crippen molar-refractivity contribution >= 4 is 17.1 Å². The van der Waals surface area contributed by atoms with Gasteiger partial charge in [-0.05, 0) is 125 Å². The van der Waals surface area contributed by atoms with E-state index in [0.29, 0.717) is 0 Å². The van der Waals surface area contributed by atoms with Crippen molar-refractivity contribution in [3.63, 3.8) is 0 Å². The van der Waals surface area contributed by atoms with Crippen LogP contribution < -0.4 is 4.90 Å². The minimum atomic E-state index is -0.260. The van der Waals surface area contributed by atoms with Crippen molar-refractivity contribution in [3.8, 4) is 66.8 Å². The van der Waals surface area contributed by atoms with Gasteiger partial charge in [0.2, 0.25) is 0 Å². The molecule has 0 amide bonds. The molecule has 0 unspecified atom stereocenters. The summed E-state index contributed by atoms with van der Waals surface area (Å²) in [5.41, 5.74) is 26.8. The molecule has 0 fully saturated rings. The summed E-state index contributed by atoms with van der Waals surface area (Å²) in [7, 11) is 0. The zero-order valence-electron chi connectivity index (χ0n) is 37.5. The summed E-state index contributed by atoms with van der Waals surface area (Å²) in [5, 5.41) is 0. The van der Waals surface area contributed by atoms with Gasteiger partial charge in [0.05, 0.1) is 5.69 Å². The average Bonchev–Trinajstić information content (AvgIpc) is 3.81. The topological polar surface area (TPSA) is 3.24 Å². The zero-order valence-corrected chi connectivity index (χ0v) is 37.5. The first kappa shape index (κ1) is 38.5. The Bertz CT molecular complexity index is 3330. The van der Waals surface area contributed by atoms with E-state index in [1.54, 1.807) is 0 Å². The fraction of sp³-hybridized carbons (Fsp3) is 0.143. The SMILES string of the molecule is CC1(C)c2ccccc2-c2ccc(N(c3ccc4c(c3)C(C)(C)c3cc5c(c(-c6ccccc6)c3-4)-c3ccccc3C5(C)C)c3ccccc3-c3ccc(-c4ccccc4)cc3)cc21. The predicted molar refractivity (Wildman–Crippen MR) is 270 cm³/mol. The number of fused-ring (bicyclic) bond motifs is 9. The average molecular weight is 822 g/mol. The Hall–Kier alpha value is -7.22. The Balaban J connectivity index is 1.08. The van der Waals surface area contributed by atoms with E-state index in [1.807, 2.05) is 0 Å². The van der Waals surface area contributed by atoms with E-state index < -0.39 is 0 Å². The maximum atomic E-state index is 2.57. The Labute approximate surface area is 378 Å². The van der Waals surface area contributed by atoms with E-state index >= 15 is 0 Å². The van der Waals surface area contributed by atoms with E-state index in [9.17, 15) is 0 Å². The second-order valence-corrected chi connectivity index (χ2v) is 19.7. The molecule has 0 saturated heterocycles. The van der Waals surface area contributed by atoms with Crippen molar-refractivity contribution in [1.82, 2.24) is 0 Å². The minimum Gasteiger partial charge on any atom is -0.310 e. The molecule has 12 rings (SSSR count).